The van der Waals surface area contributed by atoms with Crippen molar-refractivity contribution >= 4 is 40.7 Å². The molecule has 0 radical (unpaired) electrons. The Labute approximate surface area is 289 Å². The molecule has 3 amide bonds. The van der Waals surface area contributed by atoms with E-state index in [0.29, 0.717) is 54.6 Å². The van der Waals surface area contributed by atoms with Gasteiger partial charge in [-0.1, -0.05) is 55.7 Å². The first-order valence-corrected chi connectivity index (χ1v) is 17.4. The molecule has 0 saturated carbocycles. The van der Waals surface area contributed by atoms with Gasteiger partial charge >= 0.3 is 0 Å². The molecular weight excluding hydrogens is 630 g/mol. The molecule has 5 rings (SSSR count). The molecule has 3 unspecified atom stereocenters. The molecule has 3 heterocycles. The number of aliphatic hydroxyl groups excluding tert-OH is 1. The van der Waals surface area contributed by atoms with E-state index in [-0.39, 0.29) is 43.3 Å². The number of hydrogen-bond donors (Lipinski definition) is 1. The zero-order valence-electron chi connectivity index (χ0n) is 28.3. The van der Waals surface area contributed by atoms with Gasteiger partial charge in [0.15, 0.2) is 0 Å². The molecule has 3 aliphatic rings. The van der Waals surface area contributed by atoms with Gasteiger partial charge in [-0.25, -0.2) is 0 Å². The number of nitrogens with zero attached hydrogens (tertiary/aromatic N) is 3. The van der Waals surface area contributed by atoms with Gasteiger partial charge in [-0.15, -0.1) is 13.2 Å². The molecule has 1 spiro atoms. The topological polar surface area (TPSA) is 99.6 Å². The van der Waals surface area contributed by atoms with Crippen LogP contribution in [0.25, 0.3) is 0 Å². The maximum Gasteiger partial charge on any atom is 0.253 e. The normalized spacial score (nSPS) is 27.1. The summed E-state index contributed by atoms with van der Waals surface area (Å²) in [6, 6.07) is 13.5. The largest absolute Gasteiger partial charge is 0.494 e. The lowest BCUT2D eigenvalue weighted by molar-refractivity contribution is -0.145. The number of amides is 3. The monoisotopic (exact) mass is 677 g/mol. The minimum Gasteiger partial charge on any atom is -0.494 e. The number of para-hydroxylation sites is 1. The molecule has 2 aromatic carbocycles. The maximum atomic E-state index is 14.9. The Balaban J connectivity index is 1.58. The summed E-state index contributed by atoms with van der Waals surface area (Å²) in [5.41, 5.74) is -1.02. The SMILES string of the molecule is C=CCN(C(=O)[C@H]1[C@H]2C(=O)N(CCCCCCO)C(C(=O)N(CC=C)c3ccccc3Cl)C23CC(C)[C@]1(C)O3)c1ccc(OCC)cc1. The van der Waals surface area contributed by atoms with Crippen LogP contribution in [-0.4, -0.2) is 77.8 Å². The van der Waals surface area contributed by atoms with Gasteiger partial charge in [-0.05, 0) is 75.4 Å². The standard InChI is InChI=1S/C38H48ClN3O6/c1-6-21-40(27-17-19-28(20-18-27)47-8-3)34(44)31-32-35(45)42(23-13-9-10-14-24-43)33(38(32)25-26(4)37(31,5)48-38)36(46)41(22-7-2)30-16-12-11-15-29(30)39/h6-7,11-12,15-20,26,31-33,43H,1-2,8-10,13-14,21-25H2,3-5H3/t26?,31-,32+,33?,37+,38?/m1/s1. The Kier molecular flexibility index (Phi) is 11.0. The minimum atomic E-state index is -1.22. The van der Waals surface area contributed by atoms with Crippen LogP contribution >= 0.6 is 11.6 Å². The number of aliphatic hydroxyl groups is 1. The Morgan fingerprint density at radius 3 is 2.35 bits per heavy atom. The van der Waals surface area contributed by atoms with E-state index in [4.69, 9.17) is 21.1 Å². The number of anilines is 2. The average Bonchev–Trinajstić information content (AvgIpc) is 3.59. The first-order valence-electron chi connectivity index (χ1n) is 17.0. The van der Waals surface area contributed by atoms with Crippen LogP contribution in [0.5, 0.6) is 5.75 Å². The number of unbranched alkanes of at least 4 members (excludes halogenated alkanes) is 3. The smallest absolute Gasteiger partial charge is 0.253 e. The van der Waals surface area contributed by atoms with Crippen molar-refractivity contribution < 1.29 is 29.0 Å². The lowest BCUT2D eigenvalue weighted by atomic mass is 9.62. The molecule has 3 fully saturated rings. The quantitative estimate of drug-likeness (QED) is 0.172. The van der Waals surface area contributed by atoms with Gasteiger partial charge in [0.05, 0.1) is 34.8 Å². The van der Waals surface area contributed by atoms with E-state index in [1.54, 1.807) is 45.1 Å². The third-order valence-corrected chi connectivity index (χ3v) is 10.7. The Hall–Kier alpha value is -3.66. The Morgan fingerprint density at radius 1 is 1.04 bits per heavy atom. The van der Waals surface area contributed by atoms with Gasteiger partial charge < -0.3 is 29.3 Å². The number of carbonyl (C=O) groups excluding carboxylic acids is 3. The van der Waals surface area contributed by atoms with Crippen molar-refractivity contribution in [2.45, 2.75) is 70.1 Å². The van der Waals surface area contributed by atoms with Crippen LogP contribution in [0.2, 0.25) is 5.02 Å². The Bertz CT molecular complexity index is 1520. The van der Waals surface area contributed by atoms with E-state index in [1.807, 2.05) is 51.1 Å². The summed E-state index contributed by atoms with van der Waals surface area (Å²) in [5.74, 6) is -1.90. The molecule has 1 N–H and O–H groups in total. The molecule has 3 saturated heterocycles. The van der Waals surface area contributed by atoms with E-state index in [2.05, 4.69) is 13.2 Å². The number of fused-ring (bicyclic) bond motifs is 1. The highest BCUT2D eigenvalue weighted by Gasteiger charge is 2.80. The summed E-state index contributed by atoms with van der Waals surface area (Å²) in [5, 5.41) is 9.70. The summed E-state index contributed by atoms with van der Waals surface area (Å²) in [7, 11) is 0. The minimum absolute atomic E-state index is 0.104. The van der Waals surface area contributed by atoms with E-state index in [1.165, 1.54) is 0 Å². The maximum absolute atomic E-state index is 14.9. The van der Waals surface area contributed by atoms with Gasteiger partial charge in [-0.2, -0.15) is 0 Å². The number of halogens is 1. The van der Waals surface area contributed by atoms with Crippen LogP contribution < -0.4 is 14.5 Å². The van der Waals surface area contributed by atoms with E-state index in [9.17, 15) is 19.5 Å². The molecule has 6 atom stereocenters. The van der Waals surface area contributed by atoms with Crippen molar-refractivity contribution in [1.82, 2.24) is 4.90 Å². The van der Waals surface area contributed by atoms with E-state index >= 15 is 0 Å². The zero-order chi connectivity index (χ0) is 34.6. The van der Waals surface area contributed by atoms with Crippen LogP contribution in [0, 0.1) is 17.8 Å². The molecule has 3 aliphatic heterocycles. The molecule has 10 heteroatoms. The van der Waals surface area contributed by atoms with Gasteiger partial charge in [0.25, 0.3) is 5.91 Å². The van der Waals surface area contributed by atoms with Crippen molar-refractivity contribution in [1.29, 1.82) is 0 Å². The van der Waals surface area contributed by atoms with E-state index in [0.717, 1.165) is 12.8 Å². The lowest BCUT2D eigenvalue weighted by Crippen LogP contribution is -2.57. The first-order chi connectivity index (χ1) is 23.1. The van der Waals surface area contributed by atoms with Crippen molar-refractivity contribution in [2.75, 3.05) is 42.6 Å². The second-order valence-corrected chi connectivity index (χ2v) is 13.6. The molecule has 2 bridgehead atoms. The molecule has 2 aromatic rings. The molecular formula is C38H48ClN3O6. The Morgan fingerprint density at radius 2 is 1.71 bits per heavy atom. The van der Waals surface area contributed by atoms with Gasteiger partial charge in [0.1, 0.15) is 17.4 Å². The number of carbonyl (C=O) groups is 3. The summed E-state index contributed by atoms with van der Waals surface area (Å²) in [4.78, 5) is 49.4. The highest BCUT2D eigenvalue weighted by Crippen LogP contribution is 2.65. The highest BCUT2D eigenvalue weighted by atomic mass is 35.5. The van der Waals surface area contributed by atoms with Crippen LogP contribution in [0.1, 0.15) is 52.9 Å². The van der Waals surface area contributed by atoms with Crippen molar-refractivity contribution in [3.8, 4) is 5.75 Å². The van der Waals surface area contributed by atoms with Crippen LogP contribution in [-0.2, 0) is 19.1 Å². The highest BCUT2D eigenvalue weighted by molar-refractivity contribution is 6.34. The van der Waals surface area contributed by atoms with E-state index < -0.39 is 29.1 Å². The molecule has 48 heavy (non-hydrogen) atoms. The van der Waals surface area contributed by atoms with Crippen molar-refractivity contribution in [2.24, 2.45) is 17.8 Å². The van der Waals surface area contributed by atoms with Gasteiger partial charge in [-0.3, -0.25) is 14.4 Å². The summed E-state index contributed by atoms with van der Waals surface area (Å²) < 4.78 is 12.6. The number of hydrogen-bond acceptors (Lipinski definition) is 6. The second-order valence-electron chi connectivity index (χ2n) is 13.2. The number of benzene rings is 2. The summed E-state index contributed by atoms with van der Waals surface area (Å²) in [6.45, 7) is 15.0. The average molecular weight is 678 g/mol. The third kappa shape index (κ3) is 6.16. The van der Waals surface area contributed by atoms with Crippen LogP contribution in [0.15, 0.2) is 73.8 Å². The fourth-order valence-corrected chi connectivity index (χ4v) is 8.38. The van der Waals surface area contributed by atoms with Gasteiger partial charge in [0.2, 0.25) is 11.8 Å². The number of rotatable bonds is 16. The second kappa shape index (κ2) is 14.8. The predicted molar refractivity (Wildman–Crippen MR) is 188 cm³/mol. The number of ether oxygens (including phenoxy) is 2. The summed E-state index contributed by atoms with van der Waals surface area (Å²) in [6.07, 6.45) is 6.66. The first kappa shape index (κ1) is 35.6. The van der Waals surface area contributed by atoms with Crippen LogP contribution in [0.4, 0.5) is 11.4 Å². The third-order valence-electron chi connectivity index (χ3n) is 10.4. The van der Waals surface area contributed by atoms with Crippen molar-refractivity contribution in [3.63, 3.8) is 0 Å². The molecule has 258 valence electrons. The lowest BCUT2D eigenvalue weighted by Gasteiger charge is -2.39. The fourth-order valence-electron chi connectivity index (χ4n) is 8.15. The summed E-state index contributed by atoms with van der Waals surface area (Å²) >= 11 is 6.62. The zero-order valence-corrected chi connectivity index (χ0v) is 29.0. The predicted octanol–water partition coefficient (Wildman–Crippen LogP) is 6.04. The number of likely N-dealkylation sites (tertiary alicyclic amines) is 1. The molecule has 0 aliphatic carbocycles. The van der Waals surface area contributed by atoms with Crippen LogP contribution in [0.3, 0.4) is 0 Å². The fraction of sp³-hybridized carbons (Fsp3) is 0.500. The van der Waals surface area contributed by atoms with Crippen molar-refractivity contribution in [3.05, 3.63) is 78.9 Å². The molecule has 9 nitrogen and oxygen atoms in total. The van der Waals surface area contributed by atoms with Gasteiger partial charge in [0, 0.05) is 31.9 Å². The molecule has 0 aromatic heterocycles.